The lowest BCUT2D eigenvalue weighted by Crippen LogP contribution is -2.47. The first-order chi connectivity index (χ1) is 9.16. The second kappa shape index (κ2) is 6.24. The van der Waals surface area contributed by atoms with Crippen molar-refractivity contribution < 1.29 is 0 Å². The predicted octanol–water partition coefficient (Wildman–Crippen LogP) is 2.80. The highest BCUT2D eigenvalue weighted by Gasteiger charge is 2.35. The van der Waals surface area contributed by atoms with Crippen LogP contribution in [0.1, 0.15) is 32.6 Å². The third-order valence-electron chi connectivity index (χ3n) is 4.19. The van der Waals surface area contributed by atoms with Crippen molar-refractivity contribution in [1.82, 2.24) is 9.88 Å². The molecule has 1 aromatic heterocycles. The minimum atomic E-state index is 0.301. The molecule has 1 aliphatic rings. The lowest BCUT2D eigenvalue weighted by atomic mass is 9.96. The van der Waals surface area contributed by atoms with Crippen LogP contribution in [0.15, 0.2) is 18.2 Å². The second-order valence-corrected chi connectivity index (χ2v) is 5.62. The van der Waals surface area contributed by atoms with E-state index in [1.807, 2.05) is 18.2 Å². The number of pyridine rings is 1. The molecule has 2 rings (SSSR count). The van der Waals surface area contributed by atoms with Crippen LogP contribution < -0.4 is 10.6 Å². The lowest BCUT2D eigenvalue weighted by Gasteiger charge is -2.36. The average Bonchev–Trinajstić information content (AvgIpc) is 2.87. The zero-order valence-corrected chi connectivity index (χ0v) is 12.4. The van der Waals surface area contributed by atoms with E-state index in [1.165, 1.54) is 25.7 Å². The van der Waals surface area contributed by atoms with Crippen LogP contribution in [-0.4, -0.2) is 42.6 Å². The summed E-state index contributed by atoms with van der Waals surface area (Å²) in [5.74, 6) is 1.91. The van der Waals surface area contributed by atoms with Crippen LogP contribution in [-0.2, 0) is 0 Å². The molecule has 0 atom stereocenters. The summed E-state index contributed by atoms with van der Waals surface area (Å²) in [7, 11) is 4.38. The first kappa shape index (κ1) is 14.1. The highest BCUT2D eigenvalue weighted by Crippen LogP contribution is 2.33. The van der Waals surface area contributed by atoms with E-state index in [1.54, 1.807) is 0 Å². The molecule has 1 saturated carbocycles. The Labute approximate surface area is 116 Å². The van der Waals surface area contributed by atoms with Gasteiger partial charge in [0.1, 0.15) is 11.6 Å². The van der Waals surface area contributed by atoms with Crippen LogP contribution >= 0.6 is 0 Å². The van der Waals surface area contributed by atoms with E-state index < -0.39 is 0 Å². The van der Waals surface area contributed by atoms with Crippen molar-refractivity contribution in [1.29, 1.82) is 0 Å². The van der Waals surface area contributed by atoms with E-state index >= 15 is 0 Å². The zero-order valence-electron chi connectivity index (χ0n) is 12.4. The van der Waals surface area contributed by atoms with Gasteiger partial charge in [0.15, 0.2) is 0 Å². The normalized spacial score (nSPS) is 17.7. The Hall–Kier alpha value is -1.29. The minimum Gasteiger partial charge on any atom is -0.370 e. The van der Waals surface area contributed by atoms with Gasteiger partial charge >= 0.3 is 0 Å². The number of likely N-dealkylation sites (N-methyl/N-ethyl adjacent to an activating group) is 1. The lowest BCUT2D eigenvalue weighted by molar-refractivity contribution is 0.172. The Bertz CT molecular complexity index is 397. The molecule has 0 saturated heterocycles. The smallest absolute Gasteiger partial charge is 0.128 e. The summed E-state index contributed by atoms with van der Waals surface area (Å²) in [5.41, 5.74) is 0.301. The van der Waals surface area contributed by atoms with Gasteiger partial charge in [-0.05, 0) is 46.0 Å². The van der Waals surface area contributed by atoms with Crippen LogP contribution in [0.5, 0.6) is 0 Å². The van der Waals surface area contributed by atoms with E-state index in [0.29, 0.717) is 5.54 Å². The largest absolute Gasteiger partial charge is 0.370 e. The van der Waals surface area contributed by atoms with E-state index in [2.05, 4.69) is 41.5 Å². The van der Waals surface area contributed by atoms with E-state index in [9.17, 15) is 0 Å². The Kier molecular flexibility index (Phi) is 4.64. The van der Waals surface area contributed by atoms with E-state index in [0.717, 1.165) is 24.7 Å². The fourth-order valence-electron chi connectivity index (χ4n) is 2.88. The third-order valence-corrected chi connectivity index (χ3v) is 4.19. The summed E-state index contributed by atoms with van der Waals surface area (Å²) in [6.07, 6.45) is 5.23. The SMILES string of the molecule is CCNc1cccc(NCC2(N(C)C)CCCC2)n1. The van der Waals surface area contributed by atoms with E-state index in [-0.39, 0.29) is 0 Å². The first-order valence-corrected chi connectivity index (χ1v) is 7.28. The molecule has 0 unspecified atom stereocenters. The van der Waals surface area contributed by atoms with E-state index in [4.69, 9.17) is 0 Å². The van der Waals surface area contributed by atoms with Crippen LogP contribution in [0.25, 0.3) is 0 Å². The van der Waals surface area contributed by atoms with Gasteiger partial charge in [0.25, 0.3) is 0 Å². The van der Waals surface area contributed by atoms with Crippen LogP contribution in [0.3, 0.4) is 0 Å². The number of nitrogens with zero attached hydrogens (tertiary/aromatic N) is 2. The van der Waals surface area contributed by atoms with Crippen molar-refractivity contribution in [2.75, 3.05) is 37.8 Å². The predicted molar refractivity (Wildman–Crippen MR) is 81.8 cm³/mol. The molecule has 0 radical (unpaired) electrons. The van der Waals surface area contributed by atoms with Crippen LogP contribution in [0, 0.1) is 0 Å². The molecule has 1 fully saturated rings. The Morgan fingerprint density at radius 1 is 1.16 bits per heavy atom. The fraction of sp³-hybridized carbons (Fsp3) is 0.667. The summed E-state index contributed by atoms with van der Waals surface area (Å²) < 4.78 is 0. The average molecular weight is 262 g/mol. The molecular weight excluding hydrogens is 236 g/mol. The molecule has 106 valence electrons. The number of rotatable bonds is 6. The molecule has 4 nitrogen and oxygen atoms in total. The number of aromatic nitrogens is 1. The third kappa shape index (κ3) is 3.38. The standard InChI is InChI=1S/C15H26N4/c1-4-16-13-8-7-9-14(18-13)17-12-15(19(2)3)10-5-6-11-15/h7-9H,4-6,10-12H2,1-3H3,(H2,16,17,18). The van der Waals surface area contributed by atoms with Crippen molar-refractivity contribution in [3.05, 3.63) is 18.2 Å². The quantitative estimate of drug-likeness (QED) is 0.827. The summed E-state index contributed by atoms with van der Waals surface area (Å²) in [5, 5.41) is 6.76. The Morgan fingerprint density at radius 2 is 1.79 bits per heavy atom. The molecule has 1 aromatic rings. The maximum Gasteiger partial charge on any atom is 0.128 e. The maximum atomic E-state index is 4.57. The van der Waals surface area contributed by atoms with Gasteiger partial charge < -0.3 is 15.5 Å². The second-order valence-electron chi connectivity index (χ2n) is 5.62. The monoisotopic (exact) mass is 262 g/mol. The summed E-state index contributed by atoms with van der Waals surface area (Å²) >= 11 is 0. The molecule has 1 aliphatic carbocycles. The number of nitrogens with one attached hydrogen (secondary N) is 2. The molecule has 0 aromatic carbocycles. The number of hydrogen-bond donors (Lipinski definition) is 2. The summed E-state index contributed by atoms with van der Waals surface area (Å²) in [6.45, 7) is 3.96. The summed E-state index contributed by atoms with van der Waals surface area (Å²) in [4.78, 5) is 6.95. The number of hydrogen-bond acceptors (Lipinski definition) is 4. The van der Waals surface area contributed by atoms with Crippen molar-refractivity contribution in [3.63, 3.8) is 0 Å². The molecule has 1 heterocycles. The van der Waals surface area contributed by atoms with Crippen LogP contribution in [0.2, 0.25) is 0 Å². The number of anilines is 2. The maximum absolute atomic E-state index is 4.57. The first-order valence-electron chi connectivity index (χ1n) is 7.28. The molecule has 4 heteroatoms. The van der Waals surface area contributed by atoms with Gasteiger partial charge in [-0.3, -0.25) is 0 Å². The van der Waals surface area contributed by atoms with Gasteiger partial charge in [0.05, 0.1) is 0 Å². The fourth-order valence-corrected chi connectivity index (χ4v) is 2.88. The van der Waals surface area contributed by atoms with Crippen molar-refractivity contribution in [2.24, 2.45) is 0 Å². The van der Waals surface area contributed by atoms with Gasteiger partial charge in [-0.15, -0.1) is 0 Å². The summed E-state index contributed by atoms with van der Waals surface area (Å²) in [6, 6.07) is 6.09. The van der Waals surface area contributed by atoms with Crippen molar-refractivity contribution in [2.45, 2.75) is 38.1 Å². The topological polar surface area (TPSA) is 40.2 Å². The van der Waals surface area contributed by atoms with Gasteiger partial charge in [-0.25, -0.2) is 4.98 Å². The minimum absolute atomic E-state index is 0.301. The molecule has 0 amide bonds. The molecule has 0 aliphatic heterocycles. The highest BCUT2D eigenvalue weighted by molar-refractivity contribution is 5.45. The molecule has 0 spiro atoms. The van der Waals surface area contributed by atoms with Crippen molar-refractivity contribution >= 4 is 11.6 Å². The van der Waals surface area contributed by atoms with Crippen molar-refractivity contribution in [3.8, 4) is 0 Å². The molecule has 0 bridgehead atoms. The zero-order chi connectivity index (χ0) is 13.7. The molecule has 19 heavy (non-hydrogen) atoms. The van der Waals surface area contributed by atoms with Gasteiger partial charge in [-0.2, -0.15) is 0 Å². The Morgan fingerprint density at radius 3 is 2.37 bits per heavy atom. The highest BCUT2D eigenvalue weighted by atomic mass is 15.2. The van der Waals surface area contributed by atoms with Gasteiger partial charge in [0, 0.05) is 18.6 Å². The van der Waals surface area contributed by atoms with Gasteiger partial charge in [-0.1, -0.05) is 18.9 Å². The van der Waals surface area contributed by atoms with Crippen LogP contribution in [0.4, 0.5) is 11.6 Å². The Balaban J connectivity index is 1.99. The van der Waals surface area contributed by atoms with Gasteiger partial charge in [0.2, 0.25) is 0 Å². The molecule has 2 N–H and O–H groups in total. The molecular formula is C15H26N4.